The highest BCUT2D eigenvalue weighted by Crippen LogP contribution is 2.29. The van der Waals surface area contributed by atoms with Crippen LogP contribution in [0.2, 0.25) is 5.02 Å². The van der Waals surface area contributed by atoms with Crippen LogP contribution in [-0.4, -0.2) is 39.6 Å². The molecule has 3 rings (SSSR count). The topological polar surface area (TPSA) is 67.2 Å². The summed E-state index contributed by atoms with van der Waals surface area (Å²) in [6.45, 7) is 12.7. The minimum absolute atomic E-state index is 0.0393. The third-order valence-corrected chi connectivity index (χ3v) is 6.29. The maximum Gasteiger partial charge on any atom is 0.245 e. The number of carbonyl (C=O) groups excluding carboxylic acids is 2. The van der Waals surface area contributed by atoms with E-state index in [2.05, 4.69) is 26.1 Å². The Labute approximate surface area is 219 Å². The number of nitrogens with zero attached hydrogens (tertiary/aromatic N) is 3. The van der Waals surface area contributed by atoms with Crippen LogP contribution in [-0.2, 0) is 15.0 Å². The van der Waals surface area contributed by atoms with Crippen LogP contribution in [0.25, 0.3) is 5.69 Å². The number of halogens is 1. The fourth-order valence-electron chi connectivity index (χ4n) is 4.13. The molecule has 0 radical (unpaired) electrons. The van der Waals surface area contributed by atoms with Gasteiger partial charge in [0.15, 0.2) is 0 Å². The zero-order chi connectivity index (χ0) is 26.5. The minimum Gasteiger partial charge on any atom is -0.333 e. The zero-order valence-corrected chi connectivity index (χ0v) is 22.8. The van der Waals surface area contributed by atoms with Crippen molar-refractivity contribution >= 4 is 29.2 Å². The van der Waals surface area contributed by atoms with Gasteiger partial charge in [-0.2, -0.15) is 5.10 Å². The van der Waals surface area contributed by atoms with E-state index in [1.807, 2.05) is 75.4 Å². The van der Waals surface area contributed by atoms with Gasteiger partial charge in [-0.3, -0.25) is 9.59 Å². The molecule has 0 aliphatic carbocycles. The van der Waals surface area contributed by atoms with Crippen LogP contribution in [0.1, 0.15) is 65.1 Å². The van der Waals surface area contributed by atoms with E-state index in [1.165, 1.54) is 0 Å². The Morgan fingerprint density at radius 2 is 1.69 bits per heavy atom. The first kappa shape index (κ1) is 27.5. The fourth-order valence-corrected chi connectivity index (χ4v) is 4.35. The summed E-state index contributed by atoms with van der Waals surface area (Å²) in [4.78, 5) is 28.6. The van der Waals surface area contributed by atoms with Crippen molar-refractivity contribution in [2.75, 3.05) is 18.4 Å². The molecule has 1 unspecified atom stereocenters. The summed E-state index contributed by atoms with van der Waals surface area (Å²) >= 11 is 6.46. The second kappa shape index (κ2) is 11.7. The number of amides is 2. The monoisotopic (exact) mass is 508 g/mol. The summed E-state index contributed by atoms with van der Waals surface area (Å²) in [5.74, 6) is 0.128. The Balaban J connectivity index is 1.88. The van der Waals surface area contributed by atoms with Crippen molar-refractivity contribution < 1.29 is 9.59 Å². The van der Waals surface area contributed by atoms with Gasteiger partial charge in [0.1, 0.15) is 5.82 Å². The molecule has 36 heavy (non-hydrogen) atoms. The number of hydrogen-bond acceptors (Lipinski definition) is 3. The van der Waals surface area contributed by atoms with Crippen LogP contribution in [0.15, 0.2) is 60.7 Å². The van der Waals surface area contributed by atoms with Crippen LogP contribution in [0.5, 0.6) is 0 Å². The Bertz CT molecular complexity index is 1180. The molecule has 0 saturated carbocycles. The molecular weight excluding hydrogens is 472 g/mol. The summed E-state index contributed by atoms with van der Waals surface area (Å²) < 4.78 is 1.66. The predicted octanol–water partition coefficient (Wildman–Crippen LogP) is 6.44. The van der Waals surface area contributed by atoms with Gasteiger partial charge in [0.25, 0.3) is 0 Å². The third-order valence-electron chi connectivity index (χ3n) is 5.97. The second-order valence-electron chi connectivity index (χ2n) is 10.6. The van der Waals surface area contributed by atoms with Crippen molar-refractivity contribution in [3.63, 3.8) is 0 Å². The maximum atomic E-state index is 13.6. The first-order valence-electron chi connectivity index (χ1n) is 12.5. The summed E-state index contributed by atoms with van der Waals surface area (Å²) in [5, 5.41) is 8.27. The molecule has 3 aromatic rings. The third kappa shape index (κ3) is 6.76. The average molecular weight is 509 g/mol. The van der Waals surface area contributed by atoms with E-state index in [0.29, 0.717) is 29.5 Å². The van der Waals surface area contributed by atoms with Crippen molar-refractivity contribution in [1.82, 2.24) is 14.7 Å². The van der Waals surface area contributed by atoms with Gasteiger partial charge in [0.2, 0.25) is 11.8 Å². The minimum atomic E-state index is -0.293. The molecule has 1 aromatic heterocycles. The summed E-state index contributed by atoms with van der Waals surface area (Å²) in [5.41, 5.74) is 2.24. The summed E-state index contributed by atoms with van der Waals surface area (Å²) in [6, 6.07) is 19.0. The Hall–Kier alpha value is -3.12. The molecular formula is C29H37ClN4O2. The average Bonchev–Trinajstić information content (AvgIpc) is 3.23. The lowest BCUT2D eigenvalue weighted by Crippen LogP contribution is -2.42. The zero-order valence-electron chi connectivity index (χ0n) is 22.1. The van der Waals surface area contributed by atoms with Gasteiger partial charge >= 0.3 is 0 Å². The van der Waals surface area contributed by atoms with E-state index in [9.17, 15) is 9.59 Å². The lowest BCUT2D eigenvalue weighted by molar-refractivity contribution is -0.136. The van der Waals surface area contributed by atoms with Crippen molar-refractivity contribution in [3.8, 4) is 5.69 Å². The Morgan fingerprint density at radius 1 is 1.06 bits per heavy atom. The largest absolute Gasteiger partial charge is 0.333 e. The van der Waals surface area contributed by atoms with Crippen molar-refractivity contribution in [2.24, 2.45) is 5.92 Å². The first-order valence-corrected chi connectivity index (χ1v) is 12.9. The van der Waals surface area contributed by atoms with E-state index in [1.54, 1.807) is 15.6 Å². The van der Waals surface area contributed by atoms with E-state index in [-0.39, 0.29) is 35.6 Å². The smallest absolute Gasteiger partial charge is 0.245 e. The molecule has 2 aromatic carbocycles. The van der Waals surface area contributed by atoms with E-state index in [4.69, 9.17) is 16.7 Å². The van der Waals surface area contributed by atoms with Gasteiger partial charge in [-0.15, -0.1) is 0 Å². The maximum absolute atomic E-state index is 13.6. The number of carbonyl (C=O) groups is 2. The van der Waals surface area contributed by atoms with Crippen molar-refractivity contribution in [1.29, 1.82) is 0 Å². The highest BCUT2D eigenvalue weighted by atomic mass is 35.5. The number of hydrogen-bond donors (Lipinski definition) is 1. The number of benzene rings is 2. The van der Waals surface area contributed by atoms with Crippen LogP contribution >= 0.6 is 11.6 Å². The standard InChI is InChI=1S/C29H37ClN4O2/c1-7-22(21-13-9-8-10-14-21)28(36)33(18-20(2)3)19-27(35)31-26-17-25(29(4,5)6)32-34(26)24-16-12-11-15-23(24)30/h8-17,20,22H,7,18-19H2,1-6H3,(H,31,35). The first-order chi connectivity index (χ1) is 17.0. The van der Waals surface area contributed by atoms with Crippen molar-refractivity contribution in [3.05, 3.63) is 76.9 Å². The molecule has 0 aliphatic heterocycles. The van der Waals surface area contributed by atoms with Crippen LogP contribution in [0.3, 0.4) is 0 Å². The molecule has 0 spiro atoms. The van der Waals surface area contributed by atoms with Gasteiger partial charge < -0.3 is 10.2 Å². The quantitative estimate of drug-likeness (QED) is 0.361. The Kier molecular flexibility index (Phi) is 8.96. The number of aromatic nitrogens is 2. The lowest BCUT2D eigenvalue weighted by Gasteiger charge is -2.28. The number of rotatable bonds is 9. The highest BCUT2D eigenvalue weighted by Gasteiger charge is 2.28. The van der Waals surface area contributed by atoms with Crippen LogP contribution in [0, 0.1) is 5.92 Å². The highest BCUT2D eigenvalue weighted by molar-refractivity contribution is 6.32. The molecule has 1 atom stereocenters. The van der Waals surface area contributed by atoms with Crippen LogP contribution < -0.4 is 5.32 Å². The van der Waals surface area contributed by atoms with Gasteiger partial charge in [-0.1, -0.05) is 95.6 Å². The molecule has 0 saturated heterocycles. The van der Waals surface area contributed by atoms with E-state index >= 15 is 0 Å². The molecule has 1 heterocycles. The molecule has 6 nitrogen and oxygen atoms in total. The van der Waals surface area contributed by atoms with E-state index in [0.717, 1.165) is 11.3 Å². The normalized spacial score (nSPS) is 12.4. The number of para-hydroxylation sites is 1. The molecule has 192 valence electrons. The molecule has 7 heteroatoms. The van der Waals surface area contributed by atoms with Gasteiger partial charge in [-0.05, 0) is 30.0 Å². The van der Waals surface area contributed by atoms with E-state index < -0.39 is 0 Å². The fraction of sp³-hybridized carbons (Fsp3) is 0.414. The number of anilines is 1. The van der Waals surface area contributed by atoms with Gasteiger partial charge in [0, 0.05) is 18.0 Å². The number of nitrogens with one attached hydrogen (secondary N) is 1. The molecule has 0 fully saturated rings. The lowest BCUT2D eigenvalue weighted by atomic mass is 9.92. The van der Waals surface area contributed by atoms with Gasteiger partial charge in [0.05, 0.1) is 28.9 Å². The van der Waals surface area contributed by atoms with Crippen molar-refractivity contribution in [2.45, 2.75) is 59.3 Å². The summed E-state index contributed by atoms with van der Waals surface area (Å²) in [6.07, 6.45) is 0.660. The molecule has 0 bridgehead atoms. The SMILES string of the molecule is CCC(C(=O)N(CC(=O)Nc1cc(C(C)(C)C)nn1-c1ccccc1Cl)CC(C)C)c1ccccc1. The Morgan fingerprint density at radius 3 is 2.28 bits per heavy atom. The molecule has 2 amide bonds. The summed E-state index contributed by atoms with van der Waals surface area (Å²) in [7, 11) is 0. The van der Waals surface area contributed by atoms with Gasteiger partial charge in [-0.25, -0.2) is 4.68 Å². The predicted molar refractivity (Wildman–Crippen MR) is 147 cm³/mol. The molecule has 1 N–H and O–H groups in total. The second-order valence-corrected chi connectivity index (χ2v) is 11.0. The molecule has 0 aliphatic rings. The van der Waals surface area contributed by atoms with Crippen LogP contribution in [0.4, 0.5) is 5.82 Å².